The van der Waals surface area contributed by atoms with Crippen LogP contribution in [0.5, 0.6) is 0 Å². The van der Waals surface area contributed by atoms with Gasteiger partial charge in [0.05, 0.1) is 24.3 Å². The fourth-order valence-electron chi connectivity index (χ4n) is 1.49. The second-order valence-corrected chi connectivity index (χ2v) is 3.47. The third-order valence-electron chi connectivity index (χ3n) is 2.27. The maximum atomic E-state index is 5.49. The molecule has 2 aromatic heterocycles. The standard InChI is InChI=1S/C10H14N4O/c1-14-6-10(12-7-14)9(13-11)5-8-3-2-4-15-8/h2-4,6-7,9,13H,5,11H2,1H3. The molecule has 5 nitrogen and oxygen atoms in total. The van der Waals surface area contributed by atoms with Crippen molar-refractivity contribution < 1.29 is 4.42 Å². The number of nitrogens with zero attached hydrogens (tertiary/aromatic N) is 2. The molecule has 5 heteroatoms. The Morgan fingerprint density at radius 3 is 3.07 bits per heavy atom. The largest absolute Gasteiger partial charge is 0.469 e. The average Bonchev–Trinajstić information content (AvgIpc) is 2.85. The predicted molar refractivity (Wildman–Crippen MR) is 55.7 cm³/mol. The lowest BCUT2D eigenvalue weighted by Crippen LogP contribution is -2.29. The molecule has 80 valence electrons. The summed E-state index contributed by atoms with van der Waals surface area (Å²) in [5.41, 5.74) is 3.65. The number of imidazole rings is 1. The number of hydrogen-bond donors (Lipinski definition) is 2. The van der Waals surface area contributed by atoms with E-state index in [1.165, 1.54) is 0 Å². The molecule has 0 aliphatic carbocycles. The number of aromatic nitrogens is 2. The van der Waals surface area contributed by atoms with Crippen molar-refractivity contribution in [2.24, 2.45) is 12.9 Å². The molecule has 2 heterocycles. The lowest BCUT2D eigenvalue weighted by Gasteiger charge is -2.11. The SMILES string of the molecule is Cn1cnc(C(Cc2ccco2)NN)c1. The van der Waals surface area contributed by atoms with E-state index < -0.39 is 0 Å². The highest BCUT2D eigenvalue weighted by atomic mass is 16.3. The van der Waals surface area contributed by atoms with Crippen LogP contribution in [0.25, 0.3) is 0 Å². The summed E-state index contributed by atoms with van der Waals surface area (Å²) in [4.78, 5) is 4.25. The van der Waals surface area contributed by atoms with Crippen LogP contribution < -0.4 is 11.3 Å². The van der Waals surface area contributed by atoms with Gasteiger partial charge in [-0.25, -0.2) is 4.98 Å². The first-order valence-corrected chi connectivity index (χ1v) is 4.76. The second kappa shape index (κ2) is 4.29. The summed E-state index contributed by atoms with van der Waals surface area (Å²) in [5.74, 6) is 6.38. The van der Waals surface area contributed by atoms with E-state index in [0.29, 0.717) is 6.42 Å². The van der Waals surface area contributed by atoms with Crippen LogP contribution in [0, 0.1) is 0 Å². The van der Waals surface area contributed by atoms with Crippen molar-refractivity contribution in [3.8, 4) is 0 Å². The van der Waals surface area contributed by atoms with E-state index in [2.05, 4.69) is 10.4 Å². The molecule has 0 saturated heterocycles. The minimum absolute atomic E-state index is 0.0163. The molecular formula is C10H14N4O. The fourth-order valence-corrected chi connectivity index (χ4v) is 1.49. The van der Waals surface area contributed by atoms with Crippen LogP contribution in [-0.4, -0.2) is 9.55 Å². The van der Waals surface area contributed by atoms with Gasteiger partial charge in [-0.15, -0.1) is 0 Å². The molecule has 0 amide bonds. The first-order chi connectivity index (χ1) is 7.29. The van der Waals surface area contributed by atoms with E-state index in [1.807, 2.05) is 29.9 Å². The summed E-state index contributed by atoms with van der Waals surface area (Å²) in [5, 5.41) is 0. The molecule has 2 aromatic rings. The Hall–Kier alpha value is -1.59. The fraction of sp³-hybridized carbons (Fsp3) is 0.300. The third kappa shape index (κ3) is 2.26. The molecule has 0 saturated carbocycles. The summed E-state index contributed by atoms with van der Waals surface area (Å²) in [6.07, 6.45) is 6.04. The lowest BCUT2D eigenvalue weighted by molar-refractivity contribution is 0.450. The zero-order chi connectivity index (χ0) is 10.7. The molecule has 0 aromatic carbocycles. The first kappa shape index (κ1) is 9.95. The van der Waals surface area contributed by atoms with E-state index >= 15 is 0 Å². The van der Waals surface area contributed by atoms with Crippen LogP contribution in [0.15, 0.2) is 35.3 Å². The Labute approximate surface area is 87.9 Å². The van der Waals surface area contributed by atoms with E-state index in [1.54, 1.807) is 12.6 Å². The minimum atomic E-state index is -0.0163. The molecule has 0 bridgehead atoms. The van der Waals surface area contributed by atoms with Crippen molar-refractivity contribution in [2.45, 2.75) is 12.5 Å². The molecular weight excluding hydrogens is 192 g/mol. The molecule has 2 rings (SSSR count). The van der Waals surface area contributed by atoms with Crippen LogP contribution >= 0.6 is 0 Å². The number of nitrogens with one attached hydrogen (secondary N) is 1. The highest BCUT2D eigenvalue weighted by Crippen LogP contribution is 2.15. The van der Waals surface area contributed by atoms with Crippen molar-refractivity contribution in [1.29, 1.82) is 0 Å². The van der Waals surface area contributed by atoms with Gasteiger partial charge in [-0.1, -0.05) is 0 Å². The van der Waals surface area contributed by atoms with Crippen molar-refractivity contribution in [1.82, 2.24) is 15.0 Å². The topological polar surface area (TPSA) is 69.0 Å². The Morgan fingerprint density at radius 1 is 1.67 bits per heavy atom. The number of aryl methyl sites for hydroxylation is 1. The molecule has 3 N–H and O–H groups in total. The van der Waals surface area contributed by atoms with Gasteiger partial charge in [0.15, 0.2) is 0 Å². The van der Waals surface area contributed by atoms with Gasteiger partial charge < -0.3 is 8.98 Å². The molecule has 0 spiro atoms. The van der Waals surface area contributed by atoms with Gasteiger partial charge in [-0.3, -0.25) is 11.3 Å². The number of furan rings is 1. The Bertz CT molecular complexity index is 407. The van der Waals surface area contributed by atoms with Gasteiger partial charge in [0.25, 0.3) is 0 Å². The molecule has 0 aliphatic rings. The van der Waals surface area contributed by atoms with Gasteiger partial charge in [-0.2, -0.15) is 0 Å². The molecule has 0 aliphatic heterocycles. The van der Waals surface area contributed by atoms with E-state index in [0.717, 1.165) is 11.5 Å². The molecule has 15 heavy (non-hydrogen) atoms. The Kier molecular flexibility index (Phi) is 2.84. The van der Waals surface area contributed by atoms with Crippen LogP contribution in [0.3, 0.4) is 0 Å². The number of nitrogens with two attached hydrogens (primary N) is 1. The van der Waals surface area contributed by atoms with Gasteiger partial charge in [0.2, 0.25) is 0 Å². The average molecular weight is 206 g/mol. The smallest absolute Gasteiger partial charge is 0.105 e. The van der Waals surface area contributed by atoms with Gasteiger partial charge in [0, 0.05) is 19.7 Å². The van der Waals surface area contributed by atoms with E-state index in [-0.39, 0.29) is 6.04 Å². The third-order valence-corrected chi connectivity index (χ3v) is 2.27. The zero-order valence-electron chi connectivity index (χ0n) is 8.55. The van der Waals surface area contributed by atoms with Crippen molar-refractivity contribution in [2.75, 3.05) is 0 Å². The van der Waals surface area contributed by atoms with Crippen molar-refractivity contribution in [3.05, 3.63) is 42.4 Å². The number of hydrazine groups is 1. The number of rotatable bonds is 4. The van der Waals surface area contributed by atoms with E-state index in [4.69, 9.17) is 10.3 Å². The monoisotopic (exact) mass is 206 g/mol. The van der Waals surface area contributed by atoms with Crippen LogP contribution in [0.1, 0.15) is 17.5 Å². The van der Waals surface area contributed by atoms with Gasteiger partial charge >= 0.3 is 0 Å². The second-order valence-electron chi connectivity index (χ2n) is 3.47. The highest BCUT2D eigenvalue weighted by molar-refractivity contribution is 5.09. The molecule has 1 unspecified atom stereocenters. The predicted octanol–water partition coefficient (Wildman–Crippen LogP) is 0.760. The Morgan fingerprint density at radius 2 is 2.53 bits per heavy atom. The maximum absolute atomic E-state index is 5.49. The van der Waals surface area contributed by atoms with Crippen molar-refractivity contribution >= 4 is 0 Å². The Balaban J connectivity index is 2.11. The van der Waals surface area contributed by atoms with Crippen molar-refractivity contribution in [3.63, 3.8) is 0 Å². The van der Waals surface area contributed by atoms with Gasteiger partial charge in [0.1, 0.15) is 5.76 Å². The lowest BCUT2D eigenvalue weighted by atomic mass is 10.1. The maximum Gasteiger partial charge on any atom is 0.105 e. The van der Waals surface area contributed by atoms with Gasteiger partial charge in [-0.05, 0) is 12.1 Å². The van der Waals surface area contributed by atoms with E-state index in [9.17, 15) is 0 Å². The minimum Gasteiger partial charge on any atom is -0.469 e. The number of hydrogen-bond acceptors (Lipinski definition) is 4. The van der Waals surface area contributed by atoms with Crippen LogP contribution in [-0.2, 0) is 13.5 Å². The summed E-state index contributed by atoms with van der Waals surface area (Å²) in [6.45, 7) is 0. The summed E-state index contributed by atoms with van der Waals surface area (Å²) >= 11 is 0. The highest BCUT2D eigenvalue weighted by Gasteiger charge is 2.14. The first-order valence-electron chi connectivity index (χ1n) is 4.76. The normalized spacial score (nSPS) is 12.9. The zero-order valence-corrected chi connectivity index (χ0v) is 8.55. The quantitative estimate of drug-likeness (QED) is 0.572. The molecule has 0 fully saturated rings. The summed E-state index contributed by atoms with van der Waals surface area (Å²) in [7, 11) is 1.93. The molecule has 1 atom stereocenters. The van der Waals surface area contributed by atoms with Crippen LogP contribution in [0.4, 0.5) is 0 Å². The molecule has 0 radical (unpaired) electrons. The summed E-state index contributed by atoms with van der Waals surface area (Å²) < 4.78 is 7.15. The van der Waals surface area contributed by atoms with Crippen LogP contribution in [0.2, 0.25) is 0 Å². The summed E-state index contributed by atoms with van der Waals surface area (Å²) in [6, 6.07) is 3.77.